The molecule has 0 radical (unpaired) electrons. The van der Waals surface area contributed by atoms with Crippen molar-refractivity contribution >= 4 is 29.3 Å². The van der Waals surface area contributed by atoms with Crippen molar-refractivity contribution in [2.24, 2.45) is 5.92 Å². The number of hydrogen-bond acceptors (Lipinski definition) is 9. The van der Waals surface area contributed by atoms with Crippen molar-refractivity contribution in [2.45, 2.75) is 38.7 Å². The summed E-state index contributed by atoms with van der Waals surface area (Å²) in [6.07, 6.45) is 0.493. The number of aromatic carboxylic acids is 1. The molecular weight excluding hydrogens is 583 g/mol. The summed E-state index contributed by atoms with van der Waals surface area (Å²) in [5.41, 5.74) is -0.810. The number of halogens is 3. The summed E-state index contributed by atoms with van der Waals surface area (Å²) in [4.78, 5) is 51.9. The Hall–Kier alpha value is -4.40. The standard InChI is InChI=1S/C29H34F3N7O5/c1-18-5-3-8-39(17-18)28-36(2)24(29(30,31)32)23(44-28)25(40)35-21-6-7-22(34-16-21)37-9-4-10-38(12-11-37)26(41)19-13-20(27(42)43)15-33-14-19/h6-7,13-16,18,28H,3-5,8-12,17H2,1-2H3,(H,35,40)(H,42,43). The minimum atomic E-state index is -4.79. The van der Waals surface area contributed by atoms with Crippen LogP contribution in [0.3, 0.4) is 0 Å². The van der Waals surface area contributed by atoms with Crippen LogP contribution < -0.4 is 10.2 Å². The number of carbonyl (C=O) groups is 3. The highest BCUT2D eigenvalue weighted by Gasteiger charge is 2.50. The molecule has 2 N–H and O–H groups in total. The van der Waals surface area contributed by atoms with E-state index in [4.69, 9.17) is 4.74 Å². The maximum Gasteiger partial charge on any atom is 0.435 e. The molecule has 0 bridgehead atoms. The molecule has 0 aromatic carbocycles. The van der Waals surface area contributed by atoms with E-state index in [1.54, 1.807) is 17.0 Å². The first-order valence-electron chi connectivity index (χ1n) is 14.4. The first kappa shape index (κ1) is 31.0. The van der Waals surface area contributed by atoms with Crippen LogP contribution in [-0.4, -0.2) is 106 Å². The monoisotopic (exact) mass is 617 g/mol. The zero-order valence-corrected chi connectivity index (χ0v) is 24.4. The van der Waals surface area contributed by atoms with E-state index in [-0.39, 0.29) is 22.7 Å². The molecule has 3 aliphatic rings. The van der Waals surface area contributed by atoms with Gasteiger partial charge in [0.15, 0.2) is 5.70 Å². The first-order valence-corrected chi connectivity index (χ1v) is 14.4. The molecule has 12 nitrogen and oxygen atoms in total. The zero-order valence-electron chi connectivity index (χ0n) is 24.4. The Morgan fingerprint density at radius 1 is 1.02 bits per heavy atom. The van der Waals surface area contributed by atoms with Crippen molar-refractivity contribution in [1.82, 2.24) is 24.7 Å². The number of carboxylic acid groups (broad SMARTS) is 1. The smallest absolute Gasteiger partial charge is 0.435 e. The van der Waals surface area contributed by atoms with E-state index >= 15 is 0 Å². The number of piperidine rings is 1. The van der Waals surface area contributed by atoms with E-state index < -0.39 is 35.9 Å². The van der Waals surface area contributed by atoms with Gasteiger partial charge in [0.1, 0.15) is 5.82 Å². The van der Waals surface area contributed by atoms with Crippen LogP contribution in [-0.2, 0) is 9.53 Å². The highest BCUT2D eigenvalue weighted by Crippen LogP contribution is 2.39. The van der Waals surface area contributed by atoms with Crippen molar-refractivity contribution in [3.8, 4) is 0 Å². The lowest BCUT2D eigenvalue weighted by Gasteiger charge is -2.38. The van der Waals surface area contributed by atoms with Gasteiger partial charge in [-0.25, -0.2) is 9.78 Å². The molecule has 0 aliphatic carbocycles. The molecule has 5 heterocycles. The number of alkyl halides is 3. The Balaban J connectivity index is 1.22. The molecule has 44 heavy (non-hydrogen) atoms. The van der Waals surface area contributed by atoms with Gasteiger partial charge < -0.3 is 29.9 Å². The van der Waals surface area contributed by atoms with Crippen molar-refractivity contribution in [2.75, 3.05) is 56.5 Å². The molecular formula is C29H34F3N7O5. The second-order valence-corrected chi connectivity index (χ2v) is 11.2. The van der Waals surface area contributed by atoms with Gasteiger partial charge in [0.25, 0.3) is 11.8 Å². The number of carboxylic acids is 1. The van der Waals surface area contributed by atoms with Crippen molar-refractivity contribution in [3.63, 3.8) is 0 Å². The number of anilines is 2. The van der Waals surface area contributed by atoms with Gasteiger partial charge in [-0.3, -0.25) is 19.5 Å². The molecule has 0 saturated carbocycles. The topological polar surface area (TPSA) is 131 Å². The minimum Gasteiger partial charge on any atom is -0.478 e. The lowest BCUT2D eigenvalue weighted by atomic mass is 10.0. The van der Waals surface area contributed by atoms with Gasteiger partial charge in [-0.15, -0.1) is 0 Å². The molecule has 2 atom stereocenters. The van der Waals surface area contributed by atoms with Gasteiger partial charge >= 0.3 is 12.1 Å². The lowest BCUT2D eigenvalue weighted by molar-refractivity contribution is -0.134. The third-order valence-corrected chi connectivity index (χ3v) is 7.94. The van der Waals surface area contributed by atoms with Gasteiger partial charge in [0.05, 0.1) is 23.0 Å². The van der Waals surface area contributed by atoms with E-state index in [1.165, 1.54) is 31.7 Å². The van der Waals surface area contributed by atoms with Crippen LogP contribution in [0, 0.1) is 5.92 Å². The summed E-state index contributed by atoms with van der Waals surface area (Å²) in [5, 5.41) is 11.7. The van der Waals surface area contributed by atoms with Crippen LogP contribution in [0.1, 0.15) is 46.9 Å². The van der Waals surface area contributed by atoms with Crippen LogP contribution in [0.25, 0.3) is 0 Å². The fraction of sp³-hybridized carbons (Fsp3) is 0.483. The molecule has 2 amide bonds. The van der Waals surface area contributed by atoms with Crippen LogP contribution in [0.4, 0.5) is 24.7 Å². The number of ether oxygens (including phenoxy) is 1. The lowest BCUT2D eigenvalue weighted by Crippen LogP contribution is -2.49. The van der Waals surface area contributed by atoms with E-state index in [0.717, 1.165) is 17.7 Å². The zero-order chi connectivity index (χ0) is 31.6. The summed E-state index contributed by atoms with van der Waals surface area (Å²) >= 11 is 0. The molecule has 2 saturated heterocycles. The first-order chi connectivity index (χ1) is 20.9. The fourth-order valence-electron chi connectivity index (χ4n) is 5.79. The van der Waals surface area contributed by atoms with Gasteiger partial charge in [0.2, 0.25) is 12.1 Å². The van der Waals surface area contributed by atoms with Crippen molar-refractivity contribution in [3.05, 3.63) is 59.4 Å². The molecule has 15 heteroatoms. The largest absolute Gasteiger partial charge is 0.478 e. The van der Waals surface area contributed by atoms with Crippen molar-refractivity contribution in [1.29, 1.82) is 0 Å². The number of allylic oxidation sites excluding steroid dienone is 1. The molecule has 5 rings (SSSR count). The molecule has 2 aromatic heterocycles. The maximum atomic E-state index is 14.0. The Morgan fingerprint density at radius 2 is 1.80 bits per heavy atom. The highest BCUT2D eigenvalue weighted by atomic mass is 19.4. The normalized spacial score (nSPS) is 21.6. The second kappa shape index (κ2) is 12.7. The third-order valence-electron chi connectivity index (χ3n) is 7.94. The average molecular weight is 618 g/mol. The highest BCUT2D eigenvalue weighted by molar-refractivity contribution is 6.03. The van der Waals surface area contributed by atoms with Gasteiger partial charge in [-0.1, -0.05) is 6.92 Å². The molecule has 2 fully saturated rings. The van der Waals surface area contributed by atoms with E-state index in [0.29, 0.717) is 57.4 Å². The molecule has 0 spiro atoms. The quantitative estimate of drug-likeness (QED) is 0.498. The summed E-state index contributed by atoms with van der Waals surface area (Å²) < 4.78 is 47.8. The number of pyridine rings is 2. The van der Waals surface area contributed by atoms with Gasteiger partial charge in [-0.2, -0.15) is 13.2 Å². The summed E-state index contributed by atoms with van der Waals surface area (Å²) in [6.45, 7) is 4.99. The third kappa shape index (κ3) is 6.72. The van der Waals surface area contributed by atoms with Crippen LogP contribution in [0.2, 0.25) is 0 Å². The second-order valence-electron chi connectivity index (χ2n) is 11.2. The number of nitrogens with zero attached hydrogens (tertiary/aromatic N) is 6. The molecule has 2 aromatic rings. The Labute approximate surface area is 252 Å². The fourth-order valence-corrected chi connectivity index (χ4v) is 5.79. The molecule has 3 aliphatic heterocycles. The minimum absolute atomic E-state index is 0.0717. The summed E-state index contributed by atoms with van der Waals surface area (Å²) in [6, 6.07) is 4.49. The summed E-state index contributed by atoms with van der Waals surface area (Å²) in [7, 11) is 1.28. The van der Waals surface area contributed by atoms with Gasteiger partial charge in [-0.05, 0) is 43.4 Å². The Morgan fingerprint density at radius 3 is 2.48 bits per heavy atom. The van der Waals surface area contributed by atoms with E-state index in [2.05, 4.69) is 15.3 Å². The van der Waals surface area contributed by atoms with E-state index in [1.807, 2.05) is 16.7 Å². The van der Waals surface area contributed by atoms with Gasteiger partial charge in [0, 0.05) is 58.7 Å². The summed E-state index contributed by atoms with van der Waals surface area (Å²) in [5.74, 6) is -2.42. The van der Waals surface area contributed by atoms with Crippen LogP contribution in [0.15, 0.2) is 48.2 Å². The number of rotatable bonds is 6. The number of amides is 2. The Bertz CT molecular complexity index is 1440. The number of nitrogens with one attached hydrogen (secondary N) is 1. The predicted octanol–water partition coefficient (Wildman–Crippen LogP) is 3.22. The molecule has 2 unspecified atom stereocenters. The average Bonchev–Trinajstić information content (AvgIpc) is 3.17. The number of likely N-dealkylation sites (tertiary alicyclic amines) is 1. The maximum absolute atomic E-state index is 14.0. The SMILES string of the molecule is CC1CCCN(C2OC(C(=O)Nc3ccc(N4CCCN(C(=O)c5cncc(C(=O)O)c5)CC4)nc3)=C(C(F)(F)F)N2C)C1. The van der Waals surface area contributed by atoms with Crippen molar-refractivity contribution < 1.29 is 37.4 Å². The Kier molecular flexibility index (Phi) is 8.95. The van der Waals surface area contributed by atoms with Crippen LogP contribution in [0.5, 0.6) is 0 Å². The van der Waals surface area contributed by atoms with Crippen LogP contribution >= 0.6 is 0 Å². The molecule has 236 valence electrons. The number of aromatic nitrogens is 2. The number of carbonyl (C=O) groups excluding carboxylic acids is 2. The van der Waals surface area contributed by atoms with E-state index in [9.17, 15) is 32.7 Å². The number of hydrogen-bond donors (Lipinski definition) is 2. The predicted molar refractivity (Wildman–Crippen MR) is 152 cm³/mol.